The first-order valence-corrected chi connectivity index (χ1v) is 3.98. The molecule has 0 radical (unpaired) electrons. The molecule has 14 heavy (non-hydrogen) atoms. The minimum absolute atomic E-state index is 0.294. The van der Waals surface area contributed by atoms with Gasteiger partial charge in [0.1, 0.15) is 5.82 Å². The molecule has 1 heterocycles. The van der Waals surface area contributed by atoms with Gasteiger partial charge in [0, 0.05) is 0 Å². The van der Waals surface area contributed by atoms with Crippen LogP contribution >= 0.6 is 0 Å². The Morgan fingerprint density at radius 2 is 2.00 bits per heavy atom. The van der Waals surface area contributed by atoms with Crippen LogP contribution in [0.5, 0.6) is 0 Å². The van der Waals surface area contributed by atoms with E-state index in [0.717, 1.165) is 5.56 Å². The molecule has 0 atom stereocenters. The summed E-state index contributed by atoms with van der Waals surface area (Å²) >= 11 is 0. The Bertz CT molecular complexity index is 479. The van der Waals surface area contributed by atoms with E-state index in [1.807, 2.05) is 0 Å². The number of nitrogens with one attached hydrogen (secondary N) is 1. The van der Waals surface area contributed by atoms with Crippen molar-refractivity contribution in [1.29, 1.82) is 0 Å². The van der Waals surface area contributed by atoms with Gasteiger partial charge in [-0.25, -0.2) is 9.24 Å². The van der Waals surface area contributed by atoms with E-state index in [9.17, 15) is 4.39 Å². The van der Waals surface area contributed by atoms with Crippen LogP contribution in [0.4, 0.5) is 10.1 Å². The molecule has 1 aromatic heterocycles. The van der Waals surface area contributed by atoms with Crippen LogP contribution in [0.25, 0.3) is 16.1 Å². The molecule has 0 aliphatic rings. The first kappa shape index (κ1) is 8.45. The van der Waals surface area contributed by atoms with E-state index in [2.05, 4.69) is 15.0 Å². The summed E-state index contributed by atoms with van der Waals surface area (Å²) in [5.41, 5.74) is 1.83. The second kappa shape index (κ2) is 3.30. The average Bonchev–Trinajstić information content (AvgIpc) is 2.67. The van der Waals surface area contributed by atoms with Crippen molar-refractivity contribution >= 4 is 5.69 Å². The van der Waals surface area contributed by atoms with Gasteiger partial charge in [-0.2, -0.15) is 5.10 Å². The van der Waals surface area contributed by atoms with Crippen LogP contribution in [0, 0.1) is 12.4 Å². The lowest BCUT2D eigenvalue weighted by Gasteiger charge is -1.97. The fourth-order valence-corrected chi connectivity index (χ4v) is 1.19. The second-order valence-corrected chi connectivity index (χ2v) is 2.75. The highest BCUT2D eigenvalue weighted by Gasteiger charge is 2.06. The van der Waals surface area contributed by atoms with Gasteiger partial charge in [0.15, 0.2) is 0 Å². The Labute approximate surface area is 80.0 Å². The smallest absolute Gasteiger partial charge is 0.231 e. The van der Waals surface area contributed by atoms with E-state index in [1.165, 1.54) is 18.3 Å². The third-order valence-corrected chi connectivity index (χ3v) is 1.87. The minimum Gasteiger partial charge on any atom is -0.290 e. The predicted octanol–water partition coefficient (Wildman–Crippen LogP) is 2.77. The molecule has 0 spiro atoms. The molecule has 4 heteroatoms. The molecular weight excluding hydrogens is 181 g/mol. The van der Waals surface area contributed by atoms with Gasteiger partial charge in [0.05, 0.1) is 18.5 Å². The standard InChI is InChI=1S/C10H6FN3/c1-12-9-6-13-14-10(9)7-2-4-8(11)5-3-7/h2-6H,(H,13,14). The molecule has 1 N–H and O–H groups in total. The molecule has 1 aromatic carbocycles. The fraction of sp³-hybridized carbons (Fsp3) is 0. The third kappa shape index (κ3) is 1.36. The second-order valence-electron chi connectivity index (χ2n) is 2.75. The monoisotopic (exact) mass is 187 g/mol. The summed E-state index contributed by atoms with van der Waals surface area (Å²) in [4.78, 5) is 3.29. The summed E-state index contributed by atoms with van der Waals surface area (Å²) in [6.45, 7) is 6.88. The van der Waals surface area contributed by atoms with Gasteiger partial charge in [0.25, 0.3) is 0 Å². The van der Waals surface area contributed by atoms with Crippen LogP contribution < -0.4 is 0 Å². The molecular formula is C10H6FN3. The van der Waals surface area contributed by atoms with Crippen molar-refractivity contribution in [2.75, 3.05) is 0 Å². The fourth-order valence-electron chi connectivity index (χ4n) is 1.19. The maximum atomic E-state index is 12.6. The van der Waals surface area contributed by atoms with E-state index >= 15 is 0 Å². The highest BCUT2D eigenvalue weighted by atomic mass is 19.1. The number of aromatic amines is 1. The van der Waals surface area contributed by atoms with Crippen LogP contribution in [0.2, 0.25) is 0 Å². The highest BCUT2D eigenvalue weighted by Crippen LogP contribution is 2.27. The lowest BCUT2D eigenvalue weighted by molar-refractivity contribution is 0.628. The summed E-state index contributed by atoms with van der Waals surface area (Å²) < 4.78 is 12.6. The molecule has 0 amide bonds. The number of benzene rings is 1. The summed E-state index contributed by atoms with van der Waals surface area (Å²) in [6.07, 6.45) is 1.45. The van der Waals surface area contributed by atoms with Gasteiger partial charge < -0.3 is 0 Å². The van der Waals surface area contributed by atoms with Gasteiger partial charge in [0.2, 0.25) is 5.69 Å². The Morgan fingerprint density at radius 1 is 1.29 bits per heavy atom. The van der Waals surface area contributed by atoms with Crippen molar-refractivity contribution in [1.82, 2.24) is 10.2 Å². The predicted molar refractivity (Wildman–Crippen MR) is 50.2 cm³/mol. The zero-order valence-corrected chi connectivity index (χ0v) is 7.16. The number of hydrogen-bond donors (Lipinski definition) is 1. The minimum atomic E-state index is -0.294. The molecule has 0 aliphatic carbocycles. The van der Waals surface area contributed by atoms with Gasteiger partial charge in [-0.1, -0.05) is 12.1 Å². The van der Waals surface area contributed by atoms with Crippen molar-refractivity contribution in [3.05, 3.63) is 47.7 Å². The van der Waals surface area contributed by atoms with E-state index < -0.39 is 0 Å². The van der Waals surface area contributed by atoms with Crippen LogP contribution in [0.15, 0.2) is 30.5 Å². The van der Waals surface area contributed by atoms with Gasteiger partial charge in [-0.15, -0.1) is 0 Å². The Hall–Kier alpha value is -2.15. The van der Waals surface area contributed by atoms with Crippen molar-refractivity contribution in [3.63, 3.8) is 0 Å². The molecule has 0 fully saturated rings. The first-order valence-electron chi connectivity index (χ1n) is 3.98. The normalized spacial score (nSPS) is 9.71. The molecule has 2 aromatic rings. The SMILES string of the molecule is [C-]#[N+]c1cn[nH]c1-c1ccc(F)cc1. The number of halogens is 1. The topological polar surface area (TPSA) is 33.0 Å². The molecule has 0 aliphatic heterocycles. The van der Waals surface area contributed by atoms with Crippen molar-refractivity contribution in [3.8, 4) is 11.3 Å². The third-order valence-electron chi connectivity index (χ3n) is 1.87. The summed E-state index contributed by atoms with van der Waals surface area (Å²) in [7, 11) is 0. The molecule has 0 unspecified atom stereocenters. The number of hydrogen-bond acceptors (Lipinski definition) is 1. The maximum Gasteiger partial charge on any atom is 0.231 e. The summed E-state index contributed by atoms with van der Waals surface area (Å²) in [5, 5.41) is 6.47. The largest absolute Gasteiger partial charge is 0.290 e. The Kier molecular flexibility index (Phi) is 1.99. The zero-order chi connectivity index (χ0) is 9.97. The van der Waals surface area contributed by atoms with Crippen molar-refractivity contribution in [2.24, 2.45) is 0 Å². The van der Waals surface area contributed by atoms with E-state index in [0.29, 0.717) is 11.4 Å². The zero-order valence-electron chi connectivity index (χ0n) is 7.16. The molecule has 68 valence electrons. The lowest BCUT2D eigenvalue weighted by Crippen LogP contribution is -1.79. The number of aromatic nitrogens is 2. The maximum absolute atomic E-state index is 12.6. The number of nitrogens with zero attached hydrogens (tertiary/aromatic N) is 2. The first-order chi connectivity index (χ1) is 6.81. The molecule has 0 saturated carbocycles. The van der Waals surface area contributed by atoms with Gasteiger partial charge >= 0.3 is 0 Å². The van der Waals surface area contributed by atoms with Gasteiger partial charge in [-0.3, -0.25) is 5.10 Å². The Balaban J connectivity index is 2.50. The van der Waals surface area contributed by atoms with Crippen molar-refractivity contribution in [2.45, 2.75) is 0 Å². The summed E-state index contributed by atoms with van der Waals surface area (Å²) in [5.74, 6) is -0.294. The van der Waals surface area contributed by atoms with Crippen molar-refractivity contribution < 1.29 is 4.39 Å². The summed E-state index contributed by atoms with van der Waals surface area (Å²) in [6, 6.07) is 5.92. The van der Waals surface area contributed by atoms with Crippen LogP contribution in [-0.4, -0.2) is 10.2 Å². The van der Waals surface area contributed by atoms with E-state index in [-0.39, 0.29) is 5.82 Å². The number of rotatable bonds is 1. The molecule has 3 nitrogen and oxygen atoms in total. The van der Waals surface area contributed by atoms with Crippen LogP contribution in [0.1, 0.15) is 0 Å². The average molecular weight is 187 g/mol. The van der Waals surface area contributed by atoms with E-state index in [1.54, 1.807) is 12.1 Å². The van der Waals surface area contributed by atoms with Crippen LogP contribution in [0.3, 0.4) is 0 Å². The highest BCUT2D eigenvalue weighted by molar-refractivity contribution is 5.73. The molecule has 0 bridgehead atoms. The molecule has 2 rings (SSSR count). The van der Waals surface area contributed by atoms with Gasteiger partial charge in [-0.05, 0) is 17.7 Å². The molecule has 0 saturated heterocycles. The Morgan fingerprint density at radius 3 is 2.64 bits per heavy atom. The lowest BCUT2D eigenvalue weighted by atomic mass is 10.1. The number of H-pyrrole nitrogens is 1. The van der Waals surface area contributed by atoms with E-state index in [4.69, 9.17) is 6.57 Å². The van der Waals surface area contributed by atoms with Crippen LogP contribution in [-0.2, 0) is 0 Å². The quantitative estimate of drug-likeness (QED) is 0.684.